The summed E-state index contributed by atoms with van der Waals surface area (Å²) >= 11 is 0. The number of hydrogen-bond acceptors (Lipinski definition) is 1. The first kappa shape index (κ1) is 15.0. The Hall–Kier alpha value is -1.08. The van der Waals surface area contributed by atoms with E-state index in [4.69, 9.17) is 0 Å². The van der Waals surface area contributed by atoms with Gasteiger partial charge in [0, 0.05) is 0 Å². The Labute approximate surface area is 112 Å². The van der Waals surface area contributed by atoms with Gasteiger partial charge in [0.15, 0.2) is 0 Å². The van der Waals surface area contributed by atoms with Crippen molar-refractivity contribution >= 4 is 6.08 Å². The van der Waals surface area contributed by atoms with Crippen molar-refractivity contribution in [1.82, 2.24) is 5.32 Å². The van der Waals surface area contributed by atoms with Crippen molar-refractivity contribution < 1.29 is 0 Å². The van der Waals surface area contributed by atoms with Crippen LogP contribution in [0.3, 0.4) is 0 Å². The van der Waals surface area contributed by atoms with Crippen molar-refractivity contribution in [3.63, 3.8) is 0 Å². The SMILES string of the molecule is CCCc1ccc(C=CCCNCC(C)C)cc1. The fourth-order valence-electron chi connectivity index (χ4n) is 1.88. The van der Waals surface area contributed by atoms with Crippen LogP contribution >= 0.6 is 0 Å². The van der Waals surface area contributed by atoms with E-state index in [0.717, 1.165) is 25.4 Å². The van der Waals surface area contributed by atoms with Crippen molar-refractivity contribution in [2.75, 3.05) is 13.1 Å². The lowest BCUT2D eigenvalue weighted by atomic mass is 10.1. The normalized spacial score (nSPS) is 11.6. The van der Waals surface area contributed by atoms with Crippen molar-refractivity contribution in [3.8, 4) is 0 Å². The third-order valence-electron chi connectivity index (χ3n) is 2.87. The summed E-state index contributed by atoms with van der Waals surface area (Å²) in [4.78, 5) is 0. The predicted octanol–water partition coefficient (Wildman–Crippen LogP) is 4.29. The van der Waals surface area contributed by atoms with E-state index in [1.807, 2.05) is 0 Å². The Kier molecular flexibility index (Phi) is 7.43. The first-order valence-electron chi connectivity index (χ1n) is 7.18. The van der Waals surface area contributed by atoms with Crippen LogP contribution in [0.25, 0.3) is 6.08 Å². The summed E-state index contributed by atoms with van der Waals surface area (Å²) in [5.41, 5.74) is 2.74. The average molecular weight is 245 g/mol. The summed E-state index contributed by atoms with van der Waals surface area (Å²) in [5.74, 6) is 0.736. The highest BCUT2D eigenvalue weighted by Gasteiger charge is 1.92. The van der Waals surface area contributed by atoms with Crippen LogP contribution in [0.2, 0.25) is 0 Å². The van der Waals surface area contributed by atoms with E-state index in [0.29, 0.717) is 0 Å². The second-order valence-electron chi connectivity index (χ2n) is 5.28. The minimum Gasteiger partial charge on any atom is -0.316 e. The van der Waals surface area contributed by atoms with E-state index in [2.05, 4.69) is 62.5 Å². The van der Waals surface area contributed by atoms with Gasteiger partial charge in [-0.2, -0.15) is 0 Å². The molecule has 0 amide bonds. The molecule has 0 radical (unpaired) electrons. The first-order chi connectivity index (χ1) is 8.72. The maximum atomic E-state index is 3.45. The molecule has 0 bridgehead atoms. The van der Waals surface area contributed by atoms with Gasteiger partial charge >= 0.3 is 0 Å². The molecule has 0 heterocycles. The lowest BCUT2D eigenvalue weighted by molar-refractivity contribution is 0.557. The maximum Gasteiger partial charge on any atom is -0.00140 e. The molecule has 1 N–H and O–H groups in total. The number of nitrogens with one attached hydrogen (secondary N) is 1. The summed E-state index contributed by atoms with van der Waals surface area (Å²) in [7, 11) is 0. The molecule has 1 heteroatoms. The van der Waals surface area contributed by atoms with Gasteiger partial charge in [-0.05, 0) is 43.0 Å². The zero-order valence-electron chi connectivity index (χ0n) is 12.1. The monoisotopic (exact) mass is 245 g/mol. The van der Waals surface area contributed by atoms with Crippen LogP contribution < -0.4 is 5.32 Å². The summed E-state index contributed by atoms with van der Waals surface area (Å²) in [6.45, 7) is 8.88. The van der Waals surface area contributed by atoms with Gasteiger partial charge in [0.1, 0.15) is 0 Å². The molecule has 0 atom stereocenters. The molecule has 1 rings (SSSR count). The van der Waals surface area contributed by atoms with E-state index < -0.39 is 0 Å². The molecule has 1 aromatic rings. The number of rotatable bonds is 8. The topological polar surface area (TPSA) is 12.0 Å². The Bertz CT molecular complexity index is 335. The molecule has 0 aliphatic rings. The van der Waals surface area contributed by atoms with Crippen molar-refractivity contribution in [1.29, 1.82) is 0 Å². The minimum atomic E-state index is 0.736. The zero-order chi connectivity index (χ0) is 13.2. The van der Waals surface area contributed by atoms with Gasteiger partial charge in [-0.15, -0.1) is 0 Å². The molecule has 0 aromatic heterocycles. The second kappa shape index (κ2) is 8.93. The van der Waals surface area contributed by atoms with Crippen LogP contribution in [0.4, 0.5) is 0 Å². The lowest BCUT2D eigenvalue weighted by Gasteiger charge is -2.04. The van der Waals surface area contributed by atoms with Gasteiger partial charge in [0.25, 0.3) is 0 Å². The van der Waals surface area contributed by atoms with Gasteiger partial charge in [0.05, 0.1) is 0 Å². The predicted molar refractivity (Wildman–Crippen MR) is 81.8 cm³/mol. The van der Waals surface area contributed by atoms with Crippen LogP contribution in [0.5, 0.6) is 0 Å². The minimum absolute atomic E-state index is 0.736. The zero-order valence-corrected chi connectivity index (χ0v) is 12.1. The standard InChI is InChI=1S/C17H27N/c1-4-7-16-9-11-17(12-10-16)8-5-6-13-18-14-15(2)3/h5,8-12,15,18H,4,6-7,13-14H2,1-3H3. The average Bonchev–Trinajstić information content (AvgIpc) is 2.35. The van der Waals surface area contributed by atoms with E-state index in [1.54, 1.807) is 0 Å². The fraction of sp³-hybridized carbons (Fsp3) is 0.529. The Morgan fingerprint density at radius 1 is 1.17 bits per heavy atom. The summed E-state index contributed by atoms with van der Waals surface area (Å²) in [6.07, 6.45) is 7.97. The molecule has 0 unspecified atom stereocenters. The highest BCUT2D eigenvalue weighted by Crippen LogP contribution is 2.08. The van der Waals surface area contributed by atoms with Gasteiger partial charge in [0.2, 0.25) is 0 Å². The van der Waals surface area contributed by atoms with Crippen LogP contribution in [0.1, 0.15) is 44.7 Å². The van der Waals surface area contributed by atoms with Crippen LogP contribution in [0, 0.1) is 5.92 Å². The summed E-state index contributed by atoms with van der Waals surface area (Å²) in [6, 6.07) is 8.90. The maximum absolute atomic E-state index is 3.45. The quantitative estimate of drug-likeness (QED) is 0.674. The van der Waals surface area contributed by atoms with Crippen molar-refractivity contribution in [2.45, 2.75) is 40.0 Å². The van der Waals surface area contributed by atoms with Gasteiger partial charge in [-0.25, -0.2) is 0 Å². The lowest BCUT2D eigenvalue weighted by Crippen LogP contribution is -2.20. The fourth-order valence-corrected chi connectivity index (χ4v) is 1.88. The van der Waals surface area contributed by atoms with Gasteiger partial charge in [-0.3, -0.25) is 0 Å². The Morgan fingerprint density at radius 3 is 2.50 bits per heavy atom. The number of hydrogen-bond donors (Lipinski definition) is 1. The van der Waals surface area contributed by atoms with Gasteiger partial charge in [-0.1, -0.05) is 63.6 Å². The molecule has 0 saturated carbocycles. The third kappa shape index (κ3) is 6.61. The second-order valence-corrected chi connectivity index (χ2v) is 5.28. The van der Waals surface area contributed by atoms with Crippen LogP contribution in [-0.2, 0) is 6.42 Å². The molecule has 0 spiro atoms. The Morgan fingerprint density at radius 2 is 1.89 bits per heavy atom. The smallest absolute Gasteiger partial charge is 0.00140 e. The van der Waals surface area contributed by atoms with E-state index >= 15 is 0 Å². The highest BCUT2D eigenvalue weighted by molar-refractivity contribution is 5.49. The molecular weight excluding hydrogens is 218 g/mol. The molecule has 1 aromatic carbocycles. The van der Waals surface area contributed by atoms with Crippen molar-refractivity contribution in [3.05, 3.63) is 41.5 Å². The van der Waals surface area contributed by atoms with E-state index in [-0.39, 0.29) is 0 Å². The van der Waals surface area contributed by atoms with E-state index in [9.17, 15) is 0 Å². The summed E-state index contributed by atoms with van der Waals surface area (Å²) < 4.78 is 0. The number of benzene rings is 1. The van der Waals surface area contributed by atoms with Crippen LogP contribution in [0.15, 0.2) is 30.3 Å². The molecule has 18 heavy (non-hydrogen) atoms. The molecule has 0 aliphatic heterocycles. The first-order valence-corrected chi connectivity index (χ1v) is 7.18. The van der Waals surface area contributed by atoms with Gasteiger partial charge < -0.3 is 5.32 Å². The van der Waals surface area contributed by atoms with Crippen molar-refractivity contribution in [2.24, 2.45) is 5.92 Å². The number of aryl methyl sites for hydroxylation is 1. The Balaban J connectivity index is 2.25. The van der Waals surface area contributed by atoms with Crippen LogP contribution in [-0.4, -0.2) is 13.1 Å². The molecule has 0 saturated heterocycles. The molecule has 1 nitrogen and oxygen atoms in total. The molecule has 0 fully saturated rings. The highest BCUT2D eigenvalue weighted by atomic mass is 14.8. The summed E-state index contributed by atoms with van der Waals surface area (Å²) in [5, 5.41) is 3.45. The molecule has 0 aliphatic carbocycles. The molecule has 100 valence electrons. The molecular formula is C17H27N. The largest absolute Gasteiger partial charge is 0.316 e. The van der Waals surface area contributed by atoms with E-state index in [1.165, 1.54) is 24.0 Å². The third-order valence-corrected chi connectivity index (χ3v) is 2.87.